The number of thiazole rings is 1. The molecule has 0 bridgehead atoms. The average molecular weight is 331 g/mol. The number of hydrogen-bond acceptors (Lipinski definition) is 4. The summed E-state index contributed by atoms with van der Waals surface area (Å²) >= 11 is 1.78. The lowest BCUT2D eigenvalue weighted by Crippen LogP contribution is -2.48. The molecule has 124 valence electrons. The van der Waals surface area contributed by atoms with Crippen molar-refractivity contribution < 1.29 is 4.79 Å². The van der Waals surface area contributed by atoms with Crippen LogP contribution in [-0.2, 0) is 11.3 Å². The molecule has 1 aliphatic rings. The first-order valence-electron chi connectivity index (χ1n) is 8.46. The summed E-state index contributed by atoms with van der Waals surface area (Å²) in [7, 11) is 0. The Labute approximate surface area is 142 Å². The lowest BCUT2D eigenvalue weighted by molar-refractivity contribution is -0.133. The van der Waals surface area contributed by atoms with Crippen LogP contribution in [0.1, 0.15) is 31.7 Å². The van der Waals surface area contributed by atoms with Gasteiger partial charge in [-0.05, 0) is 24.5 Å². The fourth-order valence-electron chi connectivity index (χ4n) is 2.90. The van der Waals surface area contributed by atoms with Gasteiger partial charge in [0.25, 0.3) is 0 Å². The van der Waals surface area contributed by atoms with Crippen molar-refractivity contribution in [2.24, 2.45) is 5.92 Å². The topological polar surface area (TPSA) is 36.4 Å². The van der Waals surface area contributed by atoms with Gasteiger partial charge in [-0.3, -0.25) is 9.69 Å². The molecule has 1 aromatic carbocycles. The second-order valence-corrected chi connectivity index (χ2v) is 7.78. The maximum absolute atomic E-state index is 12.2. The third-order valence-corrected chi connectivity index (χ3v) is 5.38. The highest BCUT2D eigenvalue weighted by Gasteiger charge is 2.21. The molecule has 1 aliphatic heterocycles. The molecule has 1 aromatic heterocycles. The Morgan fingerprint density at radius 3 is 2.65 bits per heavy atom. The van der Waals surface area contributed by atoms with Gasteiger partial charge in [-0.2, -0.15) is 0 Å². The largest absolute Gasteiger partial charge is 0.340 e. The van der Waals surface area contributed by atoms with Crippen LogP contribution >= 0.6 is 11.3 Å². The number of benzene rings is 1. The highest BCUT2D eigenvalue weighted by atomic mass is 32.1. The quantitative estimate of drug-likeness (QED) is 0.843. The highest BCUT2D eigenvalue weighted by Crippen LogP contribution is 2.23. The Morgan fingerprint density at radius 2 is 1.96 bits per heavy atom. The van der Waals surface area contributed by atoms with E-state index in [0.717, 1.165) is 44.7 Å². The molecule has 2 aromatic rings. The molecule has 2 heterocycles. The number of rotatable bonds is 5. The zero-order valence-electron chi connectivity index (χ0n) is 14.0. The van der Waals surface area contributed by atoms with Crippen molar-refractivity contribution in [3.63, 3.8) is 0 Å². The molecular formula is C18H25N3OS. The summed E-state index contributed by atoms with van der Waals surface area (Å²) < 4.78 is 1.25. The van der Waals surface area contributed by atoms with Crippen LogP contribution in [0.3, 0.4) is 0 Å². The molecule has 0 radical (unpaired) electrons. The second kappa shape index (κ2) is 7.41. The zero-order chi connectivity index (χ0) is 16.2. The van der Waals surface area contributed by atoms with Crippen LogP contribution in [0.2, 0.25) is 0 Å². The van der Waals surface area contributed by atoms with Crippen LogP contribution in [0.15, 0.2) is 24.3 Å². The van der Waals surface area contributed by atoms with Crippen LogP contribution in [0.5, 0.6) is 0 Å². The smallest absolute Gasteiger partial charge is 0.222 e. The fourth-order valence-corrected chi connectivity index (χ4v) is 3.91. The summed E-state index contributed by atoms with van der Waals surface area (Å²) in [6, 6.07) is 8.29. The Balaban J connectivity index is 1.50. The predicted molar refractivity (Wildman–Crippen MR) is 95.5 cm³/mol. The molecule has 0 unspecified atom stereocenters. The normalized spacial score (nSPS) is 16.4. The van der Waals surface area contributed by atoms with E-state index in [-0.39, 0.29) is 0 Å². The molecule has 5 heteroatoms. The zero-order valence-corrected chi connectivity index (χ0v) is 14.8. The summed E-state index contributed by atoms with van der Waals surface area (Å²) in [4.78, 5) is 21.3. The molecule has 0 saturated carbocycles. The van der Waals surface area contributed by atoms with Crippen LogP contribution in [-0.4, -0.2) is 46.9 Å². The number of piperazine rings is 1. The maximum Gasteiger partial charge on any atom is 0.222 e. The third kappa shape index (κ3) is 4.30. The van der Waals surface area contributed by atoms with E-state index < -0.39 is 0 Å². The molecule has 23 heavy (non-hydrogen) atoms. The first-order valence-corrected chi connectivity index (χ1v) is 9.28. The van der Waals surface area contributed by atoms with Crippen molar-refractivity contribution in [3.8, 4) is 0 Å². The lowest BCUT2D eigenvalue weighted by Gasteiger charge is -2.34. The molecule has 0 aliphatic carbocycles. The van der Waals surface area contributed by atoms with Crippen LogP contribution in [0.25, 0.3) is 10.2 Å². The van der Waals surface area contributed by atoms with Crippen LogP contribution in [0.4, 0.5) is 0 Å². The molecule has 1 amide bonds. The Morgan fingerprint density at radius 1 is 1.22 bits per heavy atom. The van der Waals surface area contributed by atoms with Gasteiger partial charge in [0.15, 0.2) is 0 Å². The standard InChI is InChI=1S/C18H25N3OS/c1-14(2)7-8-18(22)21-11-9-20(10-12-21)13-17-19-15-5-3-4-6-16(15)23-17/h3-6,14H,7-13H2,1-2H3. The first-order chi connectivity index (χ1) is 11.1. The first kappa shape index (κ1) is 16.4. The van der Waals surface area contributed by atoms with Crippen LogP contribution in [0, 0.1) is 5.92 Å². The van der Waals surface area contributed by atoms with Crippen molar-refractivity contribution in [1.29, 1.82) is 0 Å². The van der Waals surface area contributed by atoms with Gasteiger partial charge >= 0.3 is 0 Å². The molecule has 1 fully saturated rings. The van der Waals surface area contributed by atoms with Gasteiger partial charge < -0.3 is 4.90 Å². The maximum atomic E-state index is 12.2. The van der Waals surface area contributed by atoms with Crippen molar-refractivity contribution >= 4 is 27.5 Å². The molecule has 0 spiro atoms. The average Bonchev–Trinajstić information content (AvgIpc) is 2.95. The molecule has 3 rings (SSSR count). The van der Waals surface area contributed by atoms with E-state index in [1.54, 1.807) is 11.3 Å². The minimum absolute atomic E-state index is 0.318. The molecular weight excluding hydrogens is 306 g/mol. The van der Waals surface area contributed by atoms with E-state index in [1.165, 1.54) is 9.71 Å². The number of carbonyl (C=O) groups excluding carboxylic acids is 1. The number of carbonyl (C=O) groups is 1. The molecule has 4 nitrogen and oxygen atoms in total. The van der Waals surface area contributed by atoms with Gasteiger partial charge in [0.1, 0.15) is 5.01 Å². The van der Waals surface area contributed by atoms with Crippen molar-refractivity contribution in [3.05, 3.63) is 29.3 Å². The summed E-state index contributed by atoms with van der Waals surface area (Å²) in [6.45, 7) is 8.83. The van der Waals surface area contributed by atoms with Gasteiger partial charge in [-0.15, -0.1) is 11.3 Å². The second-order valence-electron chi connectivity index (χ2n) is 6.66. The van der Waals surface area contributed by atoms with E-state index in [4.69, 9.17) is 4.98 Å². The summed E-state index contributed by atoms with van der Waals surface area (Å²) in [6.07, 6.45) is 1.68. The predicted octanol–water partition coefficient (Wildman–Crippen LogP) is 3.38. The number of aromatic nitrogens is 1. The van der Waals surface area contributed by atoms with E-state index in [2.05, 4.69) is 36.9 Å². The van der Waals surface area contributed by atoms with Gasteiger partial charge in [0, 0.05) is 32.6 Å². The summed E-state index contributed by atoms with van der Waals surface area (Å²) in [5.74, 6) is 0.914. The Bertz CT molecular complexity index is 626. The monoisotopic (exact) mass is 331 g/mol. The number of fused-ring (bicyclic) bond motifs is 1. The third-order valence-electron chi connectivity index (χ3n) is 4.36. The number of hydrogen-bond donors (Lipinski definition) is 0. The Hall–Kier alpha value is -1.46. The summed E-state index contributed by atoms with van der Waals surface area (Å²) in [5, 5.41) is 1.17. The van der Waals surface area contributed by atoms with E-state index >= 15 is 0 Å². The molecule has 0 N–H and O–H groups in total. The van der Waals surface area contributed by atoms with Crippen molar-refractivity contribution in [1.82, 2.24) is 14.8 Å². The lowest BCUT2D eigenvalue weighted by atomic mass is 10.1. The van der Waals surface area contributed by atoms with Crippen molar-refractivity contribution in [2.75, 3.05) is 26.2 Å². The minimum atomic E-state index is 0.318. The number of nitrogens with zero attached hydrogens (tertiary/aromatic N) is 3. The van der Waals surface area contributed by atoms with Crippen molar-refractivity contribution in [2.45, 2.75) is 33.2 Å². The van der Waals surface area contributed by atoms with Gasteiger partial charge in [-0.25, -0.2) is 4.98 Å². The van der Waals surface area contributed by atoms with E-state index in [1.807, 2.05) is 11.0 Å². The Kier molecular flexibility index (Phi) is 5.28. The van der Waals surface area contributed by atoms with Crippen LogP contribution < -0.4 is 0 Å². The SMILES string of the molecule is CC(C)CCC(=O)N1CCN(Cc2nc3ccccc3s2)CC1. The highest BCUT2D eigenvalue weighted by molar-refractivity contribution is 7.18. The summed E-state index contributed by atoms with van der Waals surface area (Å²) in [5.41, 5.74) is 1.09. The van der Waals surface area contributed by atoms with E-state index in [0.29, 0.717) is 18.2 Å². The fraction of sp³-hybridized carbons (Fsp3) is 0.556. The molecule has 0 atom stereocenters. The van der Waals surface area contributed by atoms with Gasteiger partial charge in [0.2, 0.25) is 5.91 Å². The number of amides is 1. The molecule has 1 saturated heterocycles. The van der Waals surface area contributed by atoms with Gasteiger partial charge in [0.05, 0.1) is 16.8 Å². The van der Waals surface area contributed by atoms with E-state index in [9.17, 15) is 4.79 Å². The minimum Gasteiger partial charge on any atom is -0.340 e. The number of para-hydroxylation sites is 1. The van der Waals surface area contributed by atoms with Gasteiger partial charge in [-0.1, -0.05) is 26.0 Å².